The van der Waals surface area contributed by atoms with Gasteiger partial charge in [-0.05, 0) is 63.5 Å². The fraction of sp³-hybridized carbons (Fsp3) is 0.143. The van der Waals surface area contributed by atoms with E-state index in [9.17, 15) is 0 Å². The molecular formula is C42H38BOPS. The van der Waals surface area contributed by atoms with Crippen molar-refractivity contribution in [3.63, 3.8) is 0 Å². The Morgan fingerprint density at radius 1 is 0.565 bits per heavy atom. The second kappa shape index (κ2) is 11.9. The van der Waals surface area contributed by atoms with Crippen LogP contribution in [0.1, 0.15) is 49.4 Å². The van der Waals surface area contributed by atoms with Gasteiger partial charge in [0.1, 0.15) is 0 Å². The van der Waals surface area contributed by atoms with Gasteiger partial charge in [-0.15, -0.1) is 11.3 Å². The smallest absolute Gasteiger partial charge is 0.255 e. The van der Waals surface area contributed by atoms with E-state index >= 15 is 4.57 Å². The van der Waals surface area contributed by atoms with E-state index < -0.39 is 7.14 Å². The first kappa shape index (κ1) is 30.5. The Bertz CT molecular complexity index is 2090. The number of hydrogen-bond donors (Lipinski definition) is 0. The minimum Gasteiger partial charge on any atom is -0.309 e. The van der Waals surface area contributed by atoms with Crippen LogP contribution >= 0.6 is 18.5 Å². The minimum absolute atomic E-state index is 0.0700. The normalized spacial score (nSPS) is 15.7. The molecule has 1 aliphatic rings. The molecule has 0 saturated heterocycles. The fourth-order valence-corrected chi connectivity index (χ4v) is 12.5. The first-order valence-corrected chi connectivity index (χ1v) is 18.5. The molecule has 0 aliphatic carbocycles. The number of thiophene rings is 1. The van der Waals surface area contributed by atoms with Gasteiger partial charge in [-0.3, -0.25) is 0 Å². The monoisotopic (exact) mass is 632 g/mol. The summed E-state index contributed by atoms with van der Waals surface area (Å²) in [4.78, 5) is 1.08. The highest BCUT2D eigenvalue weighted by Crippen LogP contribution is 2.65. The van der Waals surface area contributed by atoms with Gasteiger partial charge in [0.15, 0.2) is 7.14 Å². The molecule has 0 bridgehead atoms. The van der Waals surface area contributed by atoms with Crippen LogP contribution in [0.4, 0.5) is 0 Å². The van der Waals surface area contributed by atoms with Crippen molar-refractivity contribution < 1.29 is 4.57 Å². The molecule has 1 aromatic heterocycles. The lowest BCUT2D eigenvalue weighted by Gasteiger charge is -2.23. The zero-order valence-corrected chi connectivity index (χ0v) is 29.1. The van der Waals surface area contributed by atoms with Crippen LogP contribution in [0.5, 0.6) is 0 Å². The van der Waals surface area contributed by atoms with Crippen molar-refractivity contribution in [2.75, 3.05) is 0 Å². The molecule has 4 heteroatoms. The summed E-state index contributed by atoms with van der Waals surface area (Å²) in [6, 6.07) is 42.8. The average Bonchev–Trinajstić information content (AvgIpc) is 3.61. The zero-order valence-electron chi connectivity index (χ0n) is 27.4. The molecule has 5 aromatic carbocycles. The van der Waals surface area contributed by atoms with Crippen LogP contribution < -0.4 is 26.3 Å². The van der Waals surface area contributed by atoms with E-state index in [1.54, 1.807) is 0 Å². The Labute approximate surface area is 278 Å². The lowest BCUT2D eigenvalue weighted by Crippen LogP contribution is -2.54. The maximum Gasteiger partial charge on any atom is 0.255 e. The van der Waals surface area contributed by atoms with Crippen molar-refractivity contribution in [3.05, 3.63) is 171 Å². The van der Waals surface area contributed by atoms with E-state index in [4.69, 9.17) is 0 Å². The van der Waals surface area contributed by atoms with Crippen molar-refractivity contribution in [2.45, 2.75) is 41.5 Å². The van der Waals surface area contributed by atoms with Crippen molar-refractivity contribution >= 4 is 62.4 Å². The van der Waals surface area contributed by atoms with Crippen LogP contribution in [0.3, 0.4) is 0 Å². The molecule has 0 saturated carbocycles. The molecule has 226 valence electrons. The molecular weight excluding hydrogens is 594 g/mol. The number of hydrogen-bond acceptors (Lipinski definition) is 2. The minimum atomic E-state index is -3.19. The number of rotatable bonds is 6. The van der Waals surface area contributed by atoms with Gasteiger partial charge in [-0.25, -0.2) is 0 Å². The van der Waals surface area contributed by atoms with Gasteiger partial charge >= 0.3 is 0 Å². The predicted octanol–water partition coefficient (Wildman–Crippen LogP) is 8.36. The number of fused-ring (bicyclic) bond motifs is 1. The second-order valence-corrected chi connectivity index (χ2v) is 16.6. The van der Waals surface area contributed by atoms with Crippen LogP contribution in [-0.4, -0.2) is 6.71 Å². The first-order valence-electron chi connectivity index (χ1n) is 16.0. The van der Waals surface area contributed by atoms with E-state index in [0.717, 1.165) is 37.5 Å². The Morgan fingerprint density at radius 3 is 1.63 bits per heavy atom. The third kappa shape index (κ3) is 4.98. The average molecular weight is 633 g/mol. The molecule has 0 fully saturated rings. The maximum absolute atomic E-state index is 15.9. The summed E-state index contributed by atoms with van der Waals surface area (Å²) in [5.74, 6) is 0. The predicted molar refractivity (Wildman–Crippen MR) is 202 cm³/mol. The molecule has 0 N–H and O–H groups in total. The van der Waals surface area contributed by atoms with E-state index in [1.165, 1.54) is 49.1 Å². The van der Waals surface area contributed by atoms with Gasteiger partial charge in [0.2, 0.25) is 0 Å². The van der Waals surface area contributed by atoms with Crippen molar-refractivity contribution in [1.29, 1.82) is 0 Å². The third-order valence-corrected chi connectivity index (χ3v) is 14.0. The van der Waals surface area contributed by atoms with E-state index in [1.807, 2.05) is 53.8 Å². The molecule has 1 unspecified atom stereocenters. The fourth-order valence-electron chi connectivity index (χ4n) is 7.80. The topological polar surface area (TPSA) is 17.1 Å². The standard InChI is InChI=1S/C42H38BOPS/c1-27-23-29(3)40(30(4)24-27)43(41-31(5)25-28(2)26-32(41)6)38-22-21-37(46-38)42-39(33-15-9-7-10-16-33)35-19-13-14-20-36(35)45(42,44)34-17-11-8-12-18-34/h7-26H,1-6H3. The maximum atomic E-state index is 15.9. The SMILES string of the molecule is Cc1cc(C)c(B(c2ccc(C3=C(c4ccccc4)c4ccccc4P3(=O)c3ccccc3)s2)c2c(C)cc(C)cc2C)c(C)c1. The van der Waals surface area contributed by atoms with Crippen molar-refractivity contribution in [1.82, 2.24) is 0 Å². The van der Waals surface area contributed by atoms with E-state index in [2.05, 4.69) is 120 Å². The molecule has 2 heterocycles. The highest BCUT2D eigenvalue weighted by Gasteiger charge is 2.44. The lowest BCUT2D eigenvalue weighted by molar-refractivity contribution is 0.593. The van der Waals surface area contributed by atoms with Crippen LogP contribution in [0.15, 0.2) is 121 Å². The van der Waals surface area contributed by atoms with E-state index in [0.29, 0.717) is 0 Å². The van der Waals surface area contributed by atoms with Crippen LogP contribution in [0.2, 0.25) is 0 Å². The largest absolute Gasteiger partial charge is 0.309 e. The molecule has 0 spiro atoms. The van der Waals surface area contributed by atoms with Crippen molar-refractivity contribution in [2.24, 2.45) is 0 Å². The summed E-state index contributed by atoms with van der Waals surface area (Å²) in [5.41, 5.74) is 13.8. The Balaban J connectivity index is 1.53. The second-order valence-electron chi connectivity index (χ2n) is 12.8. The summed E-state index contributed by atoms with van der Waals surface area (Å²) in [5, 5.41) is 2.76. The molecule has 6 aromatic rings. The molecule has 7 rings (SSSR count). The highest BCUT2D eigenvalue weighted by atomic mass is 32.1. The quantitative estimate of drug-likeness (QED) is 0.133. The summed E-state index contributed by atoms with van der Waals surface area (Å²) in [7, 11) is -3.19. The molecule has 0 amide bonds. The van der Waals surface area contributed by atoms with E-state index in [-0.39, 0.29) is 6.71 Å². The van der Waals surface area contributed by atoms with Crippen LogP contribution in [0.25, 0.3) is 10.9 Å². The van der Waals surface area contributed by atoms with Gasteiger partial charge < -0.3 is 4.57 Å². The summed E-state index contributed by atoms with van der Waals surface area (Å²) < 4.78 is 17.2. The van der Waals surface area contributed by atoms with Crippen molar-refractivity contribution in [3.8, 4) is 0 Å². The van der Waals surface area contributed by atoms with Gasteiger partial charge in [-0.2, -0.15) is 0 Å². The molecule has 46 heavy (non-hydrogen) atoms. The molecule has 1 nitrogen and oxygen atoms in total. The van der Waals surface area contributed by atoms with Crippen LogP contribution in [-0.2, 0) is 4.57 Å². The lowest BCUT2D eigenvalue weighted by atomic mass is 9.37. The summed E-state index contributed by atoms with van der Waals surface area (Å²) >= 11 is 1.81. The first-order chi connectivity index (χ1) is 22.2. The Kier molecular flexibility index (Phi) is 7.88. The molecule has 1 atom stereocenters. The third-order valence-electron chi connectivity index (χ3n) is 9.44. The highest BCUT2D eigenvalue weighted by molar-refractivity contribution is 7.89. The van der Waals surface area contributed by atoms with Gasteiger partial charge in [0.25, 0.3) is 6.71 Å². The molecule has 0 radical (unpaired) electrons. The zero-order chi connectivity index (χ0) is 32.2. The number of benzene rings is 5. The van der Waals surface area contributed by atoms with Gasteiger partial charge in [-0.1, -0.05) is 160 Å². The summed E-state index contributed by atoms with van der Waals surface area (Å²) in [6.07, 6.45) is 0. The van der Waals surface area contributed by atoms with Gasteiger partial charge in [0, 0.05) is 26.4 Å². The summed E-state index contributed by atoms with van der Waals surface area (Å²) in [6.45, 7) is 13.4. The Hall–Kier alpha value is -4.17. The van der Waals surface area contributed by atoms with Crippen LogP contribution in [0, 0.1) is 41.5 Å². The molecule has 1 aliphatic heterocycles. The van der Waals surface area contributed by atoms with Gasteiger partial charge in [0.05, 0.1) is 0 Å². The Morgan fingerprint density at radius 2 is 1.07 bits per heavy atom. The number of aryl methyl sites for hydroxylation is 6.